The molecule has 0 aliphatic rings. The minimum Gasteiger partial charge on any atom is -0.477 e. The van der Waals surface area contributed by atoms with E-state index in [1.165, 1.54) is 0 Å². The van der Waals surface area contributed by atoms with Crippen molar-refractivity contribution in [1.29, 1.82) is 0 Å². The monoisotopic (exact) mass is 386 g/mol. The second kappa shape index (κ2) is 7.76. The smallest absolute Gasteiger partial charge is 0.342 e. The van der Waals surface area contributed by atoms with E-state index in [4.69, 9.17) is 16.0 Å². The lowest BCUT2D eigenvalue weighted by atomic mass is 10.1. The first-order valence-corrected chi connectivity index (χ1v) is 8.92. The number of carboxylic acids is 1. The standard InChI is InChI=1S/C19H15ClN2O3S/c1-11-7-8-13(12(2)9-11)10-16(18(23)24)26-19-22-21-17(25-19)14-5-3-4-6-15(14)20/h3-10H,1-2H3,(H,23,24)/b16-10+. The Kier molecular flexibility index (Phi) is 5.44. The van der Waals surface area contributed by atoms with Crippen LogP contribution in [0.2, 0.25) is 5.02 Å². The number of hydrogen-bond acceptors (Lipinski definition) is 5. The normalized spacial score (nSPS) is 11.6. The second-order valence-electron chi connectivity index (χ2n) is 5.63. The van der Waals surface area contributed by atoms with Crippen molar-refractivity contribution in [3.05, 3.63) is 69.1 Å². The van der Waals surface area contributed by atoms with Gasteiger partial charge in [0.05, 0.1) is 10.6 Å². The van der Waals surface area contributed by atoms with Crippen LogP contribution in [-0.4, -0.2) is 21.3 Å². The van der Waals surface area contributed by atoms with Crippen molar-refractivity contribution in [3.63, 3.8) is 0 Å². The number of aliphatic carboxylic acids is 1. The summed E-state index contributed by atoms with van der Waals surface area (Å²) in [5.74, 6) is -0.818. The number of carbonyl (C=O) groups is 1. The molecule has 0 aliphatic carbocycles. The Bertz CT molecular complexity index is 998. The lowest BCUT2D eigenvalue weighted by Crippen LogP contribution is -1.97. The zero-order valence-electron chi connectivity index (χ0n) is 14.1. The van der Waals surface area contributed by atoms with Gasteiger partial charge in [-0.05, 0) is 54.9 Å². The highest BCUT2D eigenvalue weighted by atomic mass is 35.5. The van der Waals surface area contributed by atoms with Crippen molar-refractivity contribution in [1.82, 2.24) is 10.2 Å². The molecule has 0 saturated carbocycles. The topological polar surface area (TPSA) is 76.2 Å². The number of aromatic nitrogens is 2. The van der Waals surface area contributed by atoms with Gasteiger partial charge in [0, 0.05) is 0 Å². The summed E-state index contributed by atoms with van der Waals surface area (Å²) >= 11 is 7.03. The molecular formula is C19H15ClN2O3S. The van der Waals surface area contributed by atoms with Crippen LogP contribution in [0, 0.1) is 13.8 Å². The van der Waals surface area contributed by atoms with Crippen LogP contribution in [0.3, 0.4) is 0 Å². The van der Waals surface area contributed by atoms with Gasteiger partial charge in [-0.2, -0.15) is 0 Å². The fourth-order valence-electron chi connectivity index (χ4n) is 2.35. The van der Waals surface area contributed by atoms with Crippen LogP contribution >= 0.6 is 23.4 Å². The molecule has 0 radical (unpaired) electrons. The van der Waals surface area contributed by atoms with E-state index in [1.807, 2.05) is 32.0 Å². The van der Waals surface area contributed by atoms with Gasteiger partial charge in [0.15, 0.2) is 0 Å². The van der Waals surface area contributed by atoms with E-state index in [0.29, 0.717) is 10.6 Å². The van der Waals surface area contributed by atoms with Gasteiger partial charge in [0.1, 0.15) is 4.91 Å². The molecule has 2 aromatic carbocycles. The molecule has 0 atom stereocenters. The summed E-state index contributed by atoms with van der Waals surface area (Å²) in [4.78, 5) is 11.7. The highest BCUT2D eigenvalue weighted by Crippen LogP contribution is 2.32. The number of hydrogen-bond donors (Lipinski definition) is 1. The number of carboxylic acid groups (broad SMARTS) is 1. The third-order valence-electron chi connectivity index (χ3n) is 3.63. The van der Waals surface area contributed by atoms with Gasteiger partial charge < -0.3 is 9.52 Å². The maximum atomic E-state index is 11.6. The van der Waals surface area contributed by atoms with E-state index in [9.17, 15) is 9.90 Å². The third kappa shape index (κ3) is 4.15. The van der Waals surface area contributed by atoms with Crippen molar-refractivity contribution in [2.75, 3.05) is 0 Å². The molecule has 0 bridgehead atoms. The summed E-state index contributed by atoms with van der Waals surface area (Å²) < 4.78 is 5.57. The van der Waals surface area contributed by atoms with Crippen LogP contribution in [0.1, 0.15) is 16.7 Å². The fourth-order valence-corrected chi connectivity index (χ4v) is 3.23. The highest BCUT2D eigenvalue weighted by Gasteiger charge is 2.17. The molecule has 132 valence electrons. The van der Waals surface area contributed by atoms with E-state index >= 15 is 0 Å². The quantitative estimate of drug-likeness (QED) is 0.478. The average molecular weight is 387 g/mol. The number of benzene rings is 2. The molecule has 3 aromatic rings. The molecule has 3 rings (SSSR count). The van der Waals surface area contributed by atoms with E-state index in [1.54, 1.807) is 30.3 Å². The summed E-state index contributed by atoms with van der Waals surface area (Å²) in [6, 6.07) is 12.9. The van der Waals surface area contributed by atoms with Gasteiger partial charge in [0.2, 0.25) is 5.89 Å². The molecular weight excluding hydrogens is 372 g/mol. The van der Waals surface area contributed by atoms with E-state index in [2.05, 4.69) is 10.2 Å². The van der Waals surface area contributed by atoms with Crippen molar-refractivity contribution < 1.29 is 14.3 Å². The first-order valence-electron chi connectivity index (χ1n) is 7.72. The average Bonchev–Trinajstić information content (AvgIpc) is 3.05. The summed E-state index contributed by atoms with van der Waals surface area (Å²) in [5, 5.41) is 18.0. The molecule has 1 heterocycles. The van der Waals surface area contributed by atoms with Gasteiger partial charge in [-0.25, -0.2) is 4.79 Å². The van der Waals surface area contributed by atoms with Gasteiger partial charge in [-0.15, -0.1) is 10.2 Å². The van der Waals surface area contributed by atoms with Crippen LogP contribution in [0.4, 0.5) is 0 Å². The van der Waals surface area contributed by atoms with Crippen LogP contribution in [0.5, 0.6) is 0 Å². The summed E-state index contributed by atoms with van der Waals surface area (Å²) in [7, 11) is 0. The van der Waals surface area contributed by atoms with Crippen molar-refractivity contribution in [2.24, 2.45) is 0 Å². The number of nitrogens with zero attached hydrogens (tertiary/aromatic N) is 2. The zero-order valence-corrected chi connectivity index (χ0v) is 15.6. The fraction of sp³-hybridized carbons (Fsp3) is 0.105. The van der Waals surface area contributed by atoms with Gasteiger partial charge >= 0.3 is 5.97 Å². The Balaban J connectivity index is 1.89. The molecule has 0 amide bonds. The molecule has 7 heteroatoms. The minimum atomic E-state index is -1.06. The van der Waals surface area contributed by atoms with Gasteiger partial charge in [0.25, 0.3) is 5.22 Å². The molecule has 0 saturated heterocycles. The van der Waals surface area contributed by atoms with Crippen molar-refractivity contribution in [2.45, 2.75) is 19.1 Å². The SMILES string of the molecule is Cc1ccc(/C=C(/Sc2nnc(-c3ccccc3Cl)o2)C(=O)O)c(C)c1. The Morgan fingerprint density at radius 1 is 1.19 bits per heavy atom. The highest BCUT2D eigenvalue weighted by molar-refractivity contribution is 8.03. The summed E-state index contributed by atoms with van der Waals surface area (Å²) in [6.45, 7) is 3.92. The molecule has 0 spiro atoms. The van der Waals surface area contributed by atoms with Gasteiger partial charge in [-0.3, -0.25) is 0 Å². The molecule has 0 aliphatic heterocycles. The Hall–Kier alpha value is -2.57. The number of thioether (sulfide) groups is 1. The van der Waals surface area contributed by atoms with Crippen LogP contribution in [0.25, 0.3) is 17.5 Å². The first-order chi connectivity index (χ1) is 12.4. The number of rotatable bonds is 5. The van der Waals surface area contributed by atoms with Crippen LogP contribution < -0.4 is 0 Å². The number of halogens is 1. The lowest BCUT2D eigenvalue weighted by molar-refractivity contribution is -0.131. The molecule has 1 aromatic heterocycles. The third-order valence-corrected chi connectivity index (χ3v) is 4.81. The molecule has 1 N–H and O–H groups in total. The lowest BCUT2D eigenvalue weighted by Gasteiger charge is -2.04. The summed E-state index contributed by atoms with van der Waals surface area (Å²) in [5.41, 5.74) is 3.53. The molecule has 0 unspecified atom stereocenters. The second-order valence-corrected chi connectivity index (χ2v) is 7.03. The van der Waals surface area contributed by atoms with Crippen LogP contribution in [-0.2, 0) is 4.79 Å². The van der Waals surface area contributed by atoms with Gasteiger partial charge in [-0.1, -0.05) is 47.5 Å². The summed E-state index contributed by atoms with van der Waals surface area (Å²) in [6.07, 6.45) is 1.60. The van der Waals surface area contributed by atoms with Crippen molar-refractivity contribution >= 4 is 35.4 Å². The van der Waals surface area contributed by atoms with Crippen LogP contribution in [0.15, 0.2) is 57.0 Å². The largest absolute Gasteiger partial charge is 0.477 e. The molecule has 0 fully saturated rings. The minimum absolute atomic E-state index is 0.0892. The number of aryl methyl sites for hydroxylation is 2. The Morgan fingerprint density at radius 3 is 2.65 bits per heavy atom. The molecule has 26 heavy (non-hydrogen) atoms. The van der Waals surface area contributed by atoms with E-state index in [-0.39, 0.29) is 16.0 Å². The predicted molar refractivity (Wildman–Crippen MR) is 102 cm³/mol. The zero-order chi connectivity index (χ0) is 18.7. The maximum Gasteiger partial charge on any atom is 0.342 e. The maximum absolute atomic E-state index is 11.6. The van der Waals surface area contributed by atoms with E-state index < -0.39 is 5.97 Å². The first kappa shape index (κ1) is 18.2. The molecule has 5 nitrogen and oxygen atoms in total. The Morgan fingerprint density at radius 2 is 1.96 bits per heavy atom. The van der Waals surface area contributed by atoms with E-state index in [0.717, 1.165) is 28.5 Å². The predicted octanol–water partition coefficient (Wildman–Crippen LogP) is 5.22. The Labute approximate surface area is 159 Å². The van der Waals surface area contributed by atoms with Crippen molar-refractivity contribution in [3.8, 4) is 11.5 Å².